The van der Waals surface area contributed by atoms with Crippen LogP contribution in [0.5, 0.6) is 11.5 Å². The van der Waals surface area contributed by atoms with E-state index in [0.717, 1.165) is 38.9 Å². The minimum absolute atomic E-state index is 0.145. The molecule has 1 fully saturated rings. The average Bonchev–Trinajstić information content (AvgIpc) is 2.73. The lowest BCUT2D eigenvalue weighted by Crippen LogP contribution is -2.51. The summed E-state index contributed by atoms with van der Waals surface area (Å²) in [5.41, 5.74) is 2.20. The molecule has 2 aliphatic heterocycles. The first-order valence-corrected chi connectivity index (χ1v) is 9.72. The number of nitrogens with zero attached hydrogens (tertiary/aromatic N) is 2. The maximum Gasteiger partial charge on any atom is 0.170 e. The molecule has 5 heteroatoms. The first kappa shape index (κ1) is 18.5. The molecule has 0 saturated carbocycles. The number of ketones is 1. The quantitative estimate of drug-likeness (QED) is 0.816. The van der Waals surface area contributed by atoms with Crippen LogP contribution >= 0.6 is 0 Å². The van der Waals surface area contributed by atoms with Crippen LogP contribution in [-0.4, -0.2) is 43.0 Å². The molecule has 28 heavy (non-hydrogen) atoms. The highest BCUT2D eigenvalue weighted by molar-refractivity contribution is 6.00. The highest BCUT2D eigenvalue weighted by atomic mass is 16.5. The standard InChI is InChI=1S/C23H24N2O3/c1-27-19-6-7-22-20(14-19)21(26)15-23(28-22)9-12-25(13-10-23)11-8-17-2-4-18(16-24)5-3-17/h2-7,14H,8-13,15H2,1H3. The second kappa shape index (κ2) is 7.65. The Hall–Kier alpha value is -2.84. The van der Waals surface area contributed by atoms with Gasteiger partial charge in [-0.25, -0.2) is 0 Å². The molecule has 5 nitrogen and oxygen atoms in total. The molecule has 0 bridgehead atoms. The van der Waals surface area contributed by atoms with Crippen molar-refractivity contribution in [2.45, 2.75) is 31.3 Å². The molecule has 1 saturated heterocycles. The van der Waals surface area contributed by atoms with Gasteiger partial charge in [-0.15, -0.1) is 0 Å². The Morgan fingerprint density at radius 3 is 2.61 bits per heavy atom. The number of hydrogen-bond donors (Lipinski definition) is 0. The van der Waals surface area contributed by atoms with Gasteiger partial charge in [-0.2, -0.15) is 5.26 Å². The van der Waals surface area contributed by atoms with Crippen LogP contribution in [0.25, 0.3) is 0 Å². The second-order valence-corrected chi connectivity index (χ2v) is 7.65. The van der Waals surface area contributed by atoms with Gasteiger partial charge < -0.3 is 14.4 Å². The predicted molar refractivity (Wildman–Crippen MR) is 106 cm³/mol. The first-order valence-electron chi connectivity index (χ1n) is 9.72. The number of ether oxygens (including phenoxy) is 2. The van der Waals surface area contributed by atoms with Gasteiger partial charge in [0.1, 0.15) is 17.1 Å². The smallest absolute Gasteiger partial charge is 0.170 e. The lowest BCUT2D eigenvalue weighted by Gasteiger charge is -2.44. The van der Waals surface area contributed by atoms with E-state index >= 15 is 0 Å². The molecular formula is C23H24N2O3. The van der Waals surface area contributed by atoms with Gasteiger partial charge in [-0.05, 0) is 42.3 Å². The van der Waals surface area contributed by atoms with Gasteiger partial charge in [0.25, 0.3) is 0 Å². The Morgan fingerprint density at radius 2 is 1.93 bits per heavy atom. The summed E-state index contributed by atoms with van der Waals surface area (Å²) >= 11 is 0. The lowest BCUT2D eigenvalue weighted by molar-refractivity contribution is -0.00872. The second-order valence-electron chi connectivity index (χ2n) is 7.65. The van der Waals surface area contributed by atoms with Gasteiger partial charge in [0.15, 0.2) is 5.78 Å². The number of Topliss-reactive ketones (excluding diaryl/α,β-unsaturated/α-hetero) is 1. The minimum atomic E-state index is -0.371. The van der Waals surface area contributed by atoms with Crippen LogP contribution in [0.2, 0.25) is 0 Å². The van der Waals surface area contributed by atoms with Crippen LogP contribution in [0.4, 0.5) is 0 Å². The fourth-order valence-corrected chi connectivity index (χ4v) is 4.10. The number of nitriles is 1. The van der Waals surface area contributed by atoms with Gasteiger partial charge >= 0.3 is 0 Å². The van der Waals surface area contributed by atoms with E-state index in [1.54, 1.807) is 13.2 Å². The molecule has 0 radical (unpaired) electrons. The summed E-state index contributed by atoms with van der Waals surface area (Å²) in [6.45, 7) is 2.83. The zero-order valence-electron chi connectivity index (χ0n) is 16.1. The summed E-state index contributed by atoms with van der Waals surface area (Å²) in [4.78, 5) is 15.1. The number of likely N-dealkylation sites (tertiary alicyclic amines) is 1. The fraction of sp³-hybridized carbons (Fsp3) is 0.391. The largest absolute Gasteiger partial charge is 0.497 e. The van der Waals surface area contributed by atoms with E-state index in [-0.39, 0.29) is 11.4 Å². The van der Waals surface area contributed by atoms with Crippen molar-refractivity contribution < 1.29 is 14.3 Å². The molecule has 144 valence electrons. The van der Waals surface area contributed by atoms with E-state index in [2.05, 4.69) is 11.0 Å². The van der Waals surface area contributed by atoms with Gasteiger partial charge in [-0.3, -0.25) is 4.79 Å². The van der Waals surface area contributed by atoms with Crippen molar-refractivity contribution in [3.63, 3.8) is 0 Å². The van der Waals surface area contributed by atoms with E-state index in [0.29, 0.717) is 29.0 Å². The molecule has 4 rings (SSSR count). The third-order valence-electron chi connectivity index (χ3n) is 5.86. The van der Waals surface area contributed by atoms with Crippen molar-refractivity contribution >= 4 is 5.78 Å². The molecule has 0 amide bonds. The summed E-state index contributed by atoms with van der Waals surface area (Å²) in [7, 11) is 1.60. The highest BCUT2D eigenvalue weighted by Crippen LogP contribution is 2.40. The number of carbonyl (C=O) groups is 1. The van der Waals surface area contributed by atoms with E-state index in [4.69, 9.17) is 14.7 Å². The molecular weight excluding hydrogens is 352 g/mol. The Kier molecular flexibility index (Phi) is 5.06. The number of fused-ring (bicyclic) bond motifs is 1. The normalized spacial score (nSPS) is 18.2. The topological polar surface area (TPSA) is 62.6 Å². The molecule has 0 aliphatic carbocycles. The molecule has 2 heterocycles. The van der Waals surface area contributed by atoms with Crippen LogP contribution in [-0.2, 0) is 6.42 Å². The molecule has 0 atom stereocenters. The summed E-state index contributed by atoms with van der Waals surface area (Å²) in [5.74, 6) is 1.51. The average molecular weight is 376 g/mol. The zero-order chi connectivity index (χ0) is 19.6. The van der Waals surface area contributed by atoms with Crippen LogP contribution in [0.15, 0.2) is 42.5 Å². The predicted octanol–water partition coefficient (Wildman–Crippen LogP) is 3.61. The van der Waals surface area contributed by atoms with Gasteiger partial charge in [0, 0.05) is 32.5 Å². The van der Waals surface area contributed by atoms with Crippen molar-refractivity contribution in [3.8, 4) is 17.6 Å². The molecule has 2 aromatic carbocycles. The monoisotopic (exact) mass is 376 g/mol. The van der Waals surface area contributed by atoms with Gasteiger partial charge in [0.05, 0.1) is 30.7 Å². The highest BCUT2D eigenvalue weighted by Gasteiger charge is 2.42. The Morgan fingerprint density at radius 1 is 1.18 bits per heavy atom. The molecule has 0 N–H and O–H groups in total. The Bertz CT molecular complexity index is 906. The zero-order valence-corrected chi connectivity index (χ0v) is 16.1. The van der Waals surface area contributed by atoms with Crippen LogP contribution in [0.3, 0.4) is 0 Å². The third-order valence-corrected chi connectivity index (χ3v) is 5.86. The van der Waals surface area contributed by atoms with E-state index in [9.17, 15) is 4.79 Å². The number of rotatable bonds is 4. The summed E-state index contributed by atoms with van der Waals surface area (Å²) in [6, 6.07) is 15.4. The van der Waals surface area contributed by atoms with Crippen molar-refractivity contribution in [2.75, 3.05) is 26.7 Å². The first-order chi connectivity index (χ1) is 13.6. The van der Waals surface area contributed by atoms with Gasteiger partial charge in [0.2, 0.25) is 0 Å². The fourth-order valence-electron chi connectivity index (χ4n) is 4.10. The van der Waals surface area contributed by atoms with E-state index in [1.807, 2.05) is 36.4 Å². The third kappa shape index (κ3) is 3.74. The summed E-state index contributed by atoms with van der Waals surface area (Å²) in [6.07, 6.45) is 3.12. The Balaban J connectivity index is 1.35. The maximum atomic E-state index is 12.7. The molecule has 1 spiro atoms. The van der Waals surface area contributed by atoms with Gasteiger partial charge in [-0.1, -0.05) is 12.1 Å². The van der Waals surface area contributed by atoms with Crippen molar-refractivity contribution in [2.24, 2.45) is 0 Å². The van der Waals surface area contributed by atoms with Crippen molar-refractivity contribution in [1.29, 1.82) is 5.26 Å². The number of methoxy groups -OCH3 is 1. The van der Waals surface area contributed by atoms with Crippen LogP contribution in [0.1, 0.15) is 40.7 Å². The summed E-state index contributed by atoms with van der Waals surface area (Å²) < 4.78 is 11.6. The maximum absolute atomic E-state index is 12.7. The molecule has 0 aromatic heterocycles. The number of carbonyl (C=O) groups excluding carboxylic acids is 1. The molecule has 2 aromatic rings. The van der Waals surface area contributed by atoms with Crippen molar-refractivity contribution in [3.05, 3.63) is 59.2 Å². The minimum Gasteiger partial charge on any atom is -0.497 e. The lowest BCUT2D eigenvalue weighted by atomic mass is 9.82. The number of piperidine rings is 1. The Labute approximate surface area is 165 Å². The van der Waals surface area contributed by atoms with Crippen LogP contribution in [0, 0.1) is 11.3 Å². The summed E-state index contributed by atoms with van der Waals surface area (Å²) in [5, 5.41) is 8.89. The van der Waals surface area contributed by atoms with E-state index < -0.39 is 0 Å². The van der Waals surface area contributed by atoms with E-state index in [1.165, 1.54) is 5.56 Å². The molecule has 2 aliphatic rings. The SMILES string of the molecule is COc1ccc2c(c1)C(=O)CC1(CCN(CCc3ccc(C#N)cc3)CC1)O2. The number of hydrogen-bond acceptors (Lipinski definition) is 5. The number of benzene rings is 2. The molecule has 0 unspecified atom stereocenters. The van der Waals surface area contributed by atoms with Crippen LogP contribution < -0.4 is 9.47 Å². The van der Waals surface area contributed by atoms with Crippen molar-refractivity contribution in [1.82, 2.24) is 4.90 Å².